The number of rotatable bonds is 5. The van der Waals surface area contributed by atoms with Gasteiger partial charge in [-0.15, -0.1) is 0 Å². The summed E-state index contributed by atoms with van der Waals surface area (Å²) in [6, 6.07) is 10.6. The van der Waals surface area contributed by atoms with Gasteiger partial charge in [-0.25, -0.2) is 4.98 Å². The van der Waals surface area contributed by atoms with E-state index in [0.717, 1.165) is 11.3 Å². The van der Waals surface area contributed by atoms with Crippen LogP contribution in [-0.2, 0) is 6.54 Å². The van der Waals surface area contributed by atoms with E-state index in [-0.39, 0.29) is 6.04 Å². The smallest absolute Gasteiger partial charge is 0.0991 e. The monoisotopic (exact) mass is 312 g/mol. The van der Waals surface area contributed by atoms with Crippen LogP contribution in [0.25, 0.3) is 5.69 Å². The van der Waals surface area contributed by atoms with E-state index in [2.05, 4.69) is 46.5 Å². The number of halogens is 1. The molecule has 0 saturated heterocycles. The van der Waals surface area contributed by atoms with Crippen LogP contribution in [-0.4, -0.2) is 14.5 Å². The number of pyridine rings is 1. The van der Waals surface area contributed by atoms with Crippen LogP contribution in [0, 0.1) is 0 Å². The van der Waals surface area contributed by atoms with Gasteiger partial charge in [0.1, 0.15) is 0 Å². The lowest BCUT2D eigenvalue weighted by Gasteiger charge is -2.16. The van der Waals surface area contributed by atoms with Crippen molar-refractivity contribution < 1.29 is 0 Å². The Morgan fingerprint density at radius 1 is 1.23 bits per heavy atom. The number of benzene rings is 1. The van der Waals surface area contributed by atoms with Crippen LogP contribution in [0.1, 0.15) is 24.1 Å². The normalized spacial score (nSPS) is 12.3. The van der Waals surface area contributed by atoms with Crippen molar-refractivity contribution >= 4 is 11.6 Å². The molecule has 112 valence electrons. The Morgan fingerprint density at radius 3 is 2.91 bits per heavy atom. The zero-order valence-electron chi connectivity index (χ0n) is 12.3. The first-order valence-electron chi connectivity index (χ1n) is 7.14. The molecule has 0 aliphatic heterocycles. The summed E-state index contributed by atoms with van der Waals surface area (Å²) in [6.07, 6.45) is 8.94. The number of nitrogens with zero attached hydrogens (tertiary/aromatic N) is 3. The standard InChI is InChI=1S/C17H17ClN4/c1-13(21-10-15-5-6-19-11-17(15)18)14-3-2-4-16(9-14)22-8-7-20-12-22/h2-9,11-13,21H,10H2,1H3/t13-/m0/s1. The van der Waals surface area contributed by atoms with Gasteiger partial charge in [0, 0.05) is 43.1 Å². The topological polar surface area (TPSA) is 42.7 Å². The van der Waals surface area contributed by atoms with Crippen molar-refractivity contribution in [3.05, 3.63) is 77.6 Å². The molecular weight excluding hydrogens is 296 g/mol. The highest BCUT2D eigenvalue weighted by Gasteiger charge is 2.07. The summed E-state index contributed by atoms with van der Waals surface area (Å²) in [7, 11) is 0. The van der Waals surface area contributed by atoms with E-state index < -0.39 is 0 Å². The first kappa shape index (κ1) is 14.8. The van der Waals surface area contributed by atoms with Gasteiger partial charge in [0.2, 0.25) is 0 Å². The Kier molecular flexibility index (Phi) is 4.51. The predicted octanol–water partition coefficient (Wildman–Crippen LogP) is 3.77. The number of hydrogen-bond acceptors (Lipinski definition) is 3. The molecule has 0 unspecified atom stereocenters. The summed E-state index contributed by atoms with van der Waals surface area (Å²) in [5, 5.41) is 4.18. The third-order valence-corrected chi connectivity index (χ3v) is 3.97. The maximum Gasteiger partial charge on any atom is 0.0991 e. The molecule has 0 bridgehead atoms. The summed E-state index contributed by atoms with van der Waals surface area (Å²) in [4.78, 5) is 8.09. The summed E-state index contributed by atoms with van der Waals surface area (Å²) in [5.74, 6) is 0. The lowest BCUT2D eigenvalue weighted by Crippen LogP contribution is -2.18. The molecule has 0 fully saturated rings. The van der Waals surface area contributed by atoms with Crippen molar-refractivity contribution in [2.45, 2.75) is 19.5 Å². The number of imidazole rings is 1. The number of nitrogens with one attached hydrogen (secondary N) is 1. The van der Waals surface area contributed by atoms with Crippen molar-refractivity contribution in [1.82, 2.24) is 19.9 Å². The molecule has 22 heavy (non-hydrogen) atoms. The molecule has 2 aromatic heterocycles. The second-order valence-corrected chi connectivity index (χ2v) is 5.54. The van der Waals surface area contributed by atoms with Gasteiger partial charge in [-0.2, -0.15) is 0 Å². The SMILES string of the molecule is C[C@H](NCc1ccncc1Cl)c1cccc(-n2ccnc2)c1. The lowest BCUT2D eigenvalue weighted by molar-refractivity contribution is 0.574. The minimum absolute atomic E-state index is 0.215. The summed E-state index contributed by atoms with van der Waals surface area (Å²) < 4.78 is 2.00. The zero-order chi connectivity index (χ0) is 15.4. The van der Waals surface area contributed by atoms with Crippen molar-refractivity contribution in [3.8, 4) is 5.69 Å². The van der Waals surface area contributed by atoms with E-state index in [1.807, 2.05) is 16.8 Å². The first-order chi connectivity index (χ1) is 10.7. The maximum absolute atomic E-state index is 6.13. The van der Waals surface area contributed by atoms with E-state index in [9.17, 15) is 0 Å². The van der Waals surface area contributed by atoms with Crippen molar-refractivity contribution in [2.24, 2.45) is 0 Å². The van der Waals surface area contributed by atoms with Crippen LogP contribution < -0.4 is 5.32 Å². The van der Waals surface area contributed by atoms with E-state index in [1.54, 1.807) is 24.9 Å². The molecule has 0 saturated carbocycles. The summed E-state index contributed by atoms with van der Waals surface area (Å²) in [5.41, 5.74) is 3.37. The van der Waals surface area contributed by atoms with Crippen LogP contribution in [0.15, 0.2) is 61.4 Å². The molecule has 0 radical (unpaired) electrons. The molecule has 0 aliphatic carbocycles. The van der Waals surface area contributed by atoms with E-state index in [1.165, 1.54) is 5.56 Å². The number of hydrogen-bond donors (Lipinski definition) is 1. The van der Waals surface area contributed by atoms with Crippen LogP contribution in [0.5, 0.6) is 0 Å². The minimum atomic E-state index is 0.215. The molecule has 1 atom stereocenters. The van der Waals surface area contributed by atoms with Gasteiger partial charge < -0.3 is 9.88 Å². The van der Waals surface area contributed by atoms with Gasteiger partial charge >= 0.3 is 0 Å². The highest BCUT2D eigenvalue weighted by molar-refractivity contribution is 6.31. The van der Waals surface area contributed by atoms with Gasteiger partial charge in [0.25, 0.3) is 0 Å². The third-order valence-electron chi connectivity index (χ3n) is 3.63. The molecule has 1 N–H and O–H groups in total. The molecule has 0 spiro atoms. The summed E-state index contributed by atoms with van der Waals surface area (Å²) in [6.45, 7) is 2.85. The van der Waals surface area contributed by atoms with Crippen LogP contribution >= 0.6 is 11.6 Å². The van der Waals surface area contributed by atoms with Crippen molar-refractivity contribution in [1.29, 1.82) is 0 Å². The van der Waals surface area contributed by atoms with Gasteiger partial charge in [0.05, 0.1) is 11.3 Å². The summed E-state index contributed by atoms with van der Waals surface area (Å²) >= 11 is 6.13. The molecule has 0 amide bonds. The second-order valence-electron chi connectivity index (χ2n) is 5.13. The Balaban J connectivity index is 1.71. The second kappa shape index (κ2) is 6.73. The van der Waals surface area contributed by atoms with E-state index >= 15 is 0 Å². The number of aromatic nitrogens is 3. The van der Waals surface area contributed by atoms with Crippen molar-refractivity contribution in [3.63, 3.8) is 0 Å². The first-order valence-corrected chi connectivity index (χ1v) is 7.52. The van der Waals surface area contributed by atoms with Crippen molar-refractivity contribution in [2.75, 3.05) is 0 Å². The fraction of sp³-hybridized carbons (Fsp3) is 0.176. The Morgan fingerprint density at radius 2 is 2.14 bits per heavy atom. The zero-order valence-corrected chi connectivity index (χ0v) is 13.0. The molecule has 2 heterocycles. The van der Waals surface area contributed by atoms with Gasteiger partial charge in [-0.05, 0) is 36.2 Å². The fourth-order valence-electron chi connectivity index (χ4n) is 2.29. The average Bonchev–Trinajstić information content (AvgIpc) is 3.08. The molecule has 1 aromatic carbocycles. The maximum atomic E-state index is 6.13. The Hall–Kier alpha value is -2.17. The quantitative estimate of drug-likeness (QED) is 0.780. The largest absolute Gasteiger partial charge is 0.306 e. The molecule has 4 nitrogen and oxygen atoms in total. The molecule has 3 rings (SSSR count). The Labute approximate surface area is 134 Å². The van der Waals surface area contributed by atoms with Crippen LogP contribution in [0.3, 0.4) is 0 Å². The van der Waals surface area contributed by atoms with Gasteiger partial charge in [-0.3, -0.25) is 4.98 Å². The highest BCUT2D eigenvalue weighted by Crippen LogP contribution is 2.19. The van der Waals surface area contributed by atoms with Gasteiger partial charge in [0.15, 0.2) is 0 Å². The van der Waals surface area contributed by atoms with Crippen LogP contribution in [0.4, 0.5) is 0 Å². The van der Waals surface area contributed by atoms with Gasteiger partial charge in [-0.1, -0.05) is 23.7 Å². The van der Waals surface area contributed by atoms with E-state index in [4.69, 9.17) is 11.6 Å². The Bertz CT molecular complexity index is 740. The minimum Gasteiger partial charge on any atom is -0.306 e. The predicted molar refractivity (Wildman–Crippen MR) is 88.1 cm³/mol. The van der Waals surface area contributed by atoms with Crippen LogP contribution in [0.2, 0.25) is 5.02 Å². The van der Waals surface area contributed by atoms with E-state index in [0.29, 0.717) is 11.6 Å². The lowest BCUT2D eigenvalue weighted by atomic mass is 10.1. The fourth-order valence-corrected chi connectivity index (χ4v) is 2.48. The molecule has 0 aliphatic rings. The highest BCUT2D eigenvalue weighted by atomic mass is 35.5. The average molecular weight is 313 g/mol. The molecule has 3 aromatic rings. The molecular formula is C17H17ClN4. The molecule has 5 heteroatoms. The third kappa shape index (κ3) is 3.35.